The summed E-state index contributed by atoms with van der Waals surface area (Å²) in [6.45, 7) is 2.48. The summed E-state index contributed by atoms with van der Waals surface area (Å²) >= 11 is 0. The summed E-state index contributed by atoms with van der Waals surface area (Å²) in [5, 5.41) is 17.5. The number of rotatable bonds is 3. The number of aryl methyl sites for hydroxylation is 1. The standard InChI is InChI=1S/C14H15F2N3O2/c1-8-17-18-14(21-8)7-19-6-10(20)5-13(19)9-2-3-11(15)12(16)4-9/h2-4,10,13,20H,5-7H2,1H3/t10-,13+/m0/s1. The maximum atomic E-state index is 13.4. The minimum Gasteiger partial charge on any atom is -0.424 e. The summed E-state index contributed by atoms with van der Waals surface area (Å²) in [5.41, 5.74) is 0.627. The number of aliphatic hydroxyl groups excluding tert-OH is 1. The van der Waals surface area contributed by atoms with Crippen molar-refractivity contribution in [3.05, 3.63) is 47.2 Å². The zero-order chi connectivity index (χ0) is 15.0. The van der Waals surface area contributed by atoms with E-state index in [-0.39, 0.29) is 6.04 Å². The van der Waals surface area contributed by atoms with Crippen LogP contribution in [-0.2, 0) is 6.54 Å². The van der Waals surface area contributed by atoms with Gasteiger partial charge in [-0.2, -0.15) is 0 Å². The fourth-order valence-electron chi connectivity index (χ4n) is 2.70. The lowest BCUT2D eigenvalue weighted by atomic mass is 10.0. The molecule has 0 amide bonds. The van der Waals surface area contributed by atoms with Crippen molar-refractivity contribution < 1.29 is 18.3 Å². The average molecular weight is 295 g/mol. The quantitative estimate of drug-likeness (QED) is 0.938. The molecule has 0 unspecified atom stereocenters. The maximum Gasteiger partial charge on any atom is 0.230 e. The molecule has 1 aromatic carbocycles. The zero-order valence-corrected chi connectivity index (χ0v) is 11.5. The lowest BCUT2D eigenvalue weighted by Gasteiger charge is -2.22. The topological polar surface area (TPSA) is 62.4 Å². The van der Waals surface area contributed by atoms with Gasteiger partial charge in [0.2, 0.25) is 11.8 Å². The predicted molar refractivity (Wildman–Crippen MR) is 69.2 cm³/mol. The van der Waals surface area contributed by atoms with Gasteiger partial charge in [-0.05, 0) is 24.1 Å². The summed E-state index contributed by atoms with van der Waals surface area (Å²) in [6.07, 6.45) is -0.0646. The Morgan fingerprint density at radius 2 is 2.14 bits per heavy atom. The van der Waals surface area contributed by atoms with Crippen molar-refractivity contribution in [2.45, 2.75) is 32.0 Å². The van der Waals surface area contributed by atoms with E-state index in [4.69, 9.17) is 4.42 Å². The number of likely N-dealkylation sites (tertiary alicyclic amines) is 1. The van der Waals surface area contributed by atoms with Crippen LogP contribution in [0.2, 0.25) is 0 Å². The van der Waals surface area contributed by atoms with Crippen LogP contribution >= 0.6 is 0 Å². The second kappa shape index (κ2) is 5.50. The van der Waals surface area contributed by atoms with Gasteiger partial charge in [0.25, 0.3) is 0 Å². The van der Waals surface area contributed by atoms with Crippen molar-refractivity contribution in [3.63, 3.8) is 0 Å². The van der Waals surface area contributed by atoms with Gasteiger partial charge in [0.1, 0.15) is 0 Å². The number of aliphatic hydroxyl groups is 1. The van der Waals surface area contributed by atoms with Gasteiger partial charge in [-0.3, -0.25) is 4.90 Å². The molecule has 1 saturated heterocycles. The first-order valence-electron chi connectivity index (χ1n) is 6.69. The summed E-state index contributed by atoms with van der Waals surface area (Å²) in [6, 6.07) is 3.60. The monoisotopic (exact) mass is 295 g/mol. The van der Waals surface area contributed by atoms with Gasteiger partial charge in [-0.1, -0.05) is 6.07 Å². The van der Waals surface area contributed by atoms with Crippen molar-refractivity contribution in [2.75, 3.05) is 6.54 Å². The molecule has 1 fully saturated rings. The molecule has 0 radical (unpaired) electrons. The third-order valence-corrected chi connectivity index (χ3v) is 3.62. The van der Waals surface area contributed by atoms with E-state index in [1.54, 1.807) is 6.92 Å². The molecule has 0 bridgehead atoms. The first-order chi connectivity index (χ1) is 10.0. The Balaban J connectivity index is 1.83. The van der Waals surface area contributed by atoms with Crippen LogP contribution in [0.1, 0.15) is 29.8 Å². The molecule has 112 valence electrons. The Labute approximate surface area is 120 Å². The summed E-state index contributed by atoms with van der Waals surface area (Å²) < 4.78 is 31.8. The molecular formula is C14H15F2N3O2. The number of nitrogens with zero attached hydrogens (tertiary/aromatic N) is 3. The highest BCUT2D eigenvalue weighted by atomic mass is 19.2. The first-order valence-corrected chi connectivity index (χ1v) is 6.69. The summed E-state index contributed by atoms with van der Waals surface area (Å²) in [5.74, 6) is -0.859. The van der Waals surface area contributed by atoms with Crippen LogP contribution in [0.4, 0.5) is 8.78 Å². The van der Waals surface area contributed by atoms with Gasteiger partial charge >= 0.3 is 0 Å². The van der Waals surface area contributed by atoms with E-state index in [0.29, 0.717) is 36.9 Å². The molecule has 7 heteroatoms. The molecule has 2 atom stereocenters. The second-order valence-electron chi connectivity index (χ2n) is 5.22. The van der Waals surface area contributed by atoms with Gasteiger partial charge in [0.15, 0.2) is 11.6 Å². The predicted octanol–water partition coefficient (Wildman–Crippen LogP) is 1.96. The van der Waals surface area contributed by atoms with Crippen molar-refractivity contribution in [1.82, 2.24) is 15.1 Å². The molecule has 3 rings (SSSR count). The molecular weight excluding hydrogens is 280 g/mol. The fraction of sp³-hybridized carbons (Fsp3) is 0.429. The SMILES string of the molecule is Cc1nnc(CN2C[C@@H](O)C[C@@H]2c2ccc(F)c(F)c2)o1. The normalized spacial score (nSPS) is 22.9. The summed E-state index contributed by atoms with van der Waals surface area (Å²) in [7, 11) is 0. The van der Waals surface area contributed by atoms with E-state index in [1.807, 2.05) is 4.90 Å². The third-order valence-electron chi connectivity index (χ3n) is 3.62. The van der Waals surface area contributed by atoms with Crippen LogP contribution in [0.5, 0.6) is 0 Å². The number of aromatic nitrogens is 2. The van der Waals surface area contributed by atoms with Crippen LogP contribution in [-0.4, -0.2) is 32.9 Å². The van der Waals surface area contributed by atoms with Crippen molar-refractivity contribution >= 4 is 0 Å². The Kier molecular flexibility index (Phi) is 3.69. The number of benzene rings is 1. The van der Waals surface area contributed by atoms with Crippen LogP contribution in [0.25, 0.3) is 0 Å². The van der Waals surface area contributed by atoms with Crippen molar-refractivity contribution in [2.24, 2.45) is 0 Å². The molecule has 0 aliphatic carbocycles. The van der Waals surface area contributed by atoms with E-state index >= 15 is 0 Å². The van der Waals surface area contributed by atoms with Crippen LogP contribution in [0.3, 0.4) is 0 Å². The average Bonchev–Trinajstić information content (AvgIpc) is 3.00. The molecule has 2 aromatic rings. The minimum absolute atomic E-state index is 0.206. The highest BCUT2D eigenvalue weighted by Gasteiger charge is 2.33. The first kappa shape index (κ1) is 14.1. The van der Waals surface area contributed by atoms with E-state index in [2.05, 4.69) is 10.2 Å². The Bertz CT molecular complexity index is 647. The lowest BCUT2D eigenvalue weighted by Crippen LogP contribution is -2.24. The van der Waals surface area contributed by atoms with Crippen LogP contribution < -0.4 is 0 Å². The molecule has 1 aromatic heterocycles. The molecule has 0 spiro atoms. The summed E-state index contributed by atoms with van der Waals surface area (Å²) in [4.78, 5) is 1.92. The molecule has 5 nitrogen and oxygen atoms in total. The number of hydrogen-bond donors (Lipinski definition) is 1. The number of β-amino-alcohol motifs (C(OH)–C–C–N with tert-alkyl or cyclic N) is 1. The van der Waals surface area contributed by atoms with E-state index < -0.39 is 17.7 Å². The molecule has 2 heterocycles. The molecule has 21 heavy (non-hydrogen) atoms. The van der Waals surface area contributed by atoms with Gasteiger partial charge in [0.05, 0.1) is 12.6 Å². The molecule has 1 N–H and O–H groups in total. The van der Waals surface area contributed by atoms with Gasteiger partial charge in [-0.25, -0.2) is 8.78 Å². The Morgan fingerprint density at radius 3 is 2.81 bits per heavy atom. The van der Waals surface area contributed by atoms with E-state index in [9.17, 15) is 13.9 Å². The van der Waals surface area contributed by atoms with E-state index in [1.165, 1.54) is 12.1 Å². The Morgan fingerprint density at radius 1 is 1.33 bits per heavy atom. The van der Waals surface area contributed by atoms with Gasteiger partial charge < -0.3 is 9.52 Å². The van der Waals surface area contributed by atoms with Crippen molar-refractivity contribution in [3.8, 4) is 0 Å². The molecule has 1 aliphatic heterocycles. The Hall–Kier alpha value is -1.86. The fourth-order valence-corrected chi connectivity index (χ4v) is 2.70. The van der Waals surface area contributed by atoms with Gasteiger partial charge in [0, 0.05) is 19.5 Å². The highest BCUT2D eigenvalue weighted by Crippen LogP contribution is 2.33. The second-order valence-corrected chi connectivity index (χ2v) is 5.22. The van der Waals surface area contributed by atoms with Crippen molar-refractivity contribution in [1.29, 1.82) is 0 Å². The van der Waals surface area contributed by atoms with Gasteiger partial charge in [-0.15, -0.1) is 10.2 Å². The molecule has 1 aliphatic rings. The smallest absolute Gasteiger partial charge is 0.230 e. The van der Waals surface area contributed by atoms with Crippen LogP contribution in [0, 0.1) is 18.6 Å². The largest absolute Gasteiger partial charge is 0.424 e. The highest BCUT2D eigenvalue weighted by molar-refractivity contribution is 5.22. The zero-order valence-electron chi connectivity index (χ0n) is 11.5. The third kappa shape index (κ3) is 2.93. The maximum absolute atomic E-state index is 13.4. The van der Waals surface area contributed by atoms with Crippen LogP contribution in [0.15, 0.2) is 22.6 Å². The minimum atomic E-state index is -0.887. The molecule has 0 saturated carbocycles. The lowest BCUT2D eigenvalue weighted by molar-refractivity contribution is 0.167. The van der Waals surface area contributed by atoms with E-state index in [0.717, 1.165) is 6.07 Å². The number of halogens is 2. The number of hydrogen-bond acceptors (Lipinski definition) is 5.